The standard InChI is InChI=1S/C13H18O6/c1-3-4-7-19-12(17)13(8-11(16)18-2)9(14)5-6-10(13)15/h3-8H2,1-2H3. The van der Waals surface area contributed by atoms with Crippen molar-refractivity contribution < 1.29 is 28.7 Å². The molecular weight excluding hydrogens is 252 g/mol. The number of carbonyl (C=O) groups excluding carboxylic acids is 4. The van der Waals surface area contributed by atoms with Crippen LogP contribution in [0.25, 0.3) is 0 Å². The molecular formula is C13H18O6. The van der Waals surface area contributed by atoms with Crippen LogP contribution in [-0.2, 0) is 28.7 Å². The topological polar surface area (TPSA) is 86.7 Å². The zero-order valence-corrected chi connectivity index (χ0v) is 11.2. The predicted molar refractivity (Wildman–Crippen MR) is 64.2 cm³/mol. The van der Waals surface area contributed by atoms with Crippen molar-refractivity contribution in [2.24, 2.45) is 5.41 Å². The maximum Gasteiger partial charge on any atom is 0.327 e. The van der Waals surface area contributed by atoms with Crippen molar-refractivity contribution in [1.82, 2.24) is 0 Å². The van der Waals surface area contributed by atoms with Gasteiger partial charge in [0.2, 0.25) is 0 Å². The highest BCUT2D eigenvalue weighted by atomic mass is 16.5. The van der Waals surface area contributed by atoms with Gasteiger partial charge in [0, 0.05) is 12.8 Å². The van der Waals surface area contributed by atoms with Gasteiger partial charge in [0.15, 0.2) is 17.0 Å². The minimum Gasteiger partial charge on any atom is -0.469 e. The minimum atomic E-state index is -1.97. The van der Waals surface area contributed by atoms with Crippen LogP contribution < -0.4 is 0 Å². The van der Waals surface area contributed by atoms with Gasteiger partial charge in [0.1, 0.15) is 0 Å². The largest absolute Gasteiger partial charge is 0.469 e. The van der Waals surface area contributed by atoms with Gasteiger partial charge in [-0.25, -0.2) is 0 Å². The third-order valence-corrected chi connectivity index (χ3v) is 3.25. The van der Waals surface area contributed by atoms with Crippen LogP contribution in [0.2, 0.25) is 0 Å². The number of rotatable bonds is 6. The lowest BCUT2D eigenvalue weighted by molar-refractivity contribution is -0.167. The van der Waals surface area contributed by atoms with E-state index in [0.29, 0.717) is 6.42 Å². The fourth-order valence-corrected chi connectivity index (χ4v) is 2.03. The van der Waals surface area contributed by atoms with E-state index >= 15 is 0 Å². The van der Waals surface area contributed by atoms with E-state index in [1.165, 1.54) is 0 Å². The molecule has 0 aromatic carbocycles. The zero-order chi connectivity index (χ0) is 14.5. The van der Waals surface area contributed by atoms with Crippen molar-refractivity contribution in [2.75, 3.05) is 13.7 Å². The first-order valence-corrected chi connectivity index (χ1v) is 6.29. The number of esters is 2. The molecule has 0 bridgehead atoms. The van der Waals surface area contributed by atoms with Crippen LogP contribution in [0, 0.1) is 5.41 Å². The molecule has 1 aliphatic rings. The van der Waals surface area contributed by atoms with Gasteiger partial charge in [-0.1, -0.05) is 13.3 Å². The molecule has 0 aromatic rings. The van der Waals surface area contributed by atoms with E-state index in [1.807, 2.05) is 6.92 Å². The Bertz CT molecular complexity index is 382. The summed E-state index contributed by atoms with van der Waals surface area (Å²) in [6.07, 6.45) is 0.838. The molecule has 0 saturated heterocycles. The number of unbranched alkanes of at least 4 members (excludes halogenated alkanes) is 1. The highest BCUT2D eigenvalue weighted by Gasteiger charge is 2.58. The first-order chi connectivity index (χ1) is 8.98. The third kappa shape index (κ3) is 3.00. The van der Waals surface area contributed by atoms with Gasteiger partial charge in [-0.2, -0.15) is 0 Å². The summed E-state index contributed by atoms with van der Waals surface area (Å²) in [4.78, 5) is 47.2. The molecule has 0 atom stereocenters. The van der Waals surface area contributed by atoms with E-state index < -0.39 is 35.3 Å². The molecule has 19 heavy (non-hydrogen) atoms. The second-order valence-electron chi connectivity index (χ2n) is 4.49. The van der Waals surface area contributed by atoms with Gasteiger partial charge in [0.25, 0.3) is 0 Å². The highest BCUT2D eigenvalue weighted by Crippen LogP contribution is 2.36. The number of ketones is 2. The van der Waals surface area contributed by atoms with Gasteiger partial charge >= 0.3 is 11.9 Å². The Balaban J connectivity index is 2.92. The molecule has 1 saturated carbocycles. The highest BCUT2D eigenvalue weighted by molar-refractivity contribution is 6.27. The van der Waals surface area contributed by atoms with Crippen molar-refractivity contribution in [1.29, 1.82) is 0 Å². The summed E-state index contributed by atoms with van der Waals surface area (Å²) in [7, 11) is 1.14. The second kappa shape index (κ2) is 6.45. The molecule has 106 valence electrons. The lowest BCUT2D eigenvalue weighted by atomic mass is 9.81. The Morgan fingerprint density at radius 1 is 1.21 bits per heavy atom. The van der Waals surface area contributed by atoms with E-state index in [4.69, 9.17) is 4.74 Å². The Morgan fingerprint density at radius 3 is 2.26 bits per heavy atom. The molecule has 1 rings (SSSR count). The van der Waals surface area contributed by atoms with Crippen LogP contribution in [0.1, 0.15) is 39.0 Å². The SMILES string of the molecule is CCCCOC(=O)C1(CC(=O)OC)C(=O)CCC1=O. The number of hydrogen-bond acceptors (Lipinski definition) is 6. The quantitative estimate of drug-likeness (QED) is 0.403. The molecule has 6 heteroatoms. The average Bonchev–Trinajstić information content (AvgIpc) is 2.67. The number of methoxy groups -OCH3 is 1. The molecule has 0 aliphatic heterocycles. The van der Waals surface area contributed by atoms with Gasteiger partial charge < -0.3 is 9.47 Å². The summed E-state index contributed by atoms with van der Waals surface area (Å²) in [6.45, 7) is 2.06. The zero-order valence-electron chi connectivity index (χ0n) is 11.2. The molecule has 0 amide bonds. The molecule has 0 unspecified atom stereocenters. The molecule has 0 aromatic heterocycles. The van der Waals surface area contributed by atoms with Crippen LogP contribution in [-0.4, -0.2) is 37.2 Å². The van der Waals surface area contributed by atoms with Gasteiger partial charge in [-0.05, 0) is 6.42 Å². The lowest BCUT2D eigenvalue weighted by Gasteiger charge is -2.22. The van der Waals surface area contributed by atoms with Crippen molar-refractivity contribution in [2.45, 2.75) is 39.0 Å². The Hall–Kier alpha value is -1.72. The molecule has 1 fully saturated rings. The minimum absolute atomic E-state index is 0.0291. The fraction of sp³-hybridized carbons (Fsp3) is 0.692. The summed E-state index contributed by atoms with van der Waals surface area (Å²) in [5.41, 5.74) is -1.97. The molecule has 0 N–H and O–H groups in total. The summed E-state index contributed by atoms with van der Waals surface area (Å²) < 4.78 is 9.43. The van der Waals surface area contributed by atoms with Crippen molar-refractivity contribution in [3.8, 4) is 0 Å². The Kier molecular flexibility index (Phi) is 5.20. The van der Waals surface area contributed by atoms with Crippen molar-refractivity contribution in [3.63, 3.8) is 0 Å². The van der Waals surface area contributed by atoms with Crippen molar-refractivity contribution in [3.05, 3.63) is 0 Å². The normalized spacial score (nSPS) is 17.4. The van der Waals surface area contributed by atoms with Crippen LogP contribution in [0.3, 0.4) is 0 Å². The number of carbonyl (C=O) groups is 4. The molecule has 6 nitrogen and oxygen atoms in total. The Morgan fingerprint density at radius 2 is 1.79 bits per heavy atom. The van der Waals surface area contributed by atoms with Crippen molar-refractivity contribution >= 4 is 23.5 Å². The number of Topliss-reactive ketones (excluding diaryl/α,β-unsaturated/α-hetero) is 2. The summed E-state index contributed by atoms with van der Waals surface area (Å²) in [5.74, 6) is -2.79. The lowest BCUT2D eigenvalue weighted by Crippen LogP contribution is -2.44. The first-order valence-electron chi connectivity index (χ1n) is 6.29. The molecule has 0 spiro atoms. The van der Waals surface area contributed by atoms with Crippen LogP contribution in [0.4, 0.5) is 0 Å². The van der Waals surface area contributed by atoms with Gasteiger partial charge in [0.05, 0.1) is 20.1 Å². The summed E-state index contributed by atoms with van der Waals surface area (Å²) in [6, 6.07) is 0. The molecule has 0 heterocycles. The first kappa shape index (κ1) is 15.3. The average molecular weight is 270 g/mol. The van der Waals surface area contributed by atoms with Gasteiger partial charge in [-0.15, -0.1) is 0 Å². The van der Waals surface area contributed by atoms with Crippen LogP contribution in [0.15, 0.2) is 0 Å². The predicted octanol–water partition coefficient (Wildman–Crippen LogP) is 0.811. The van der Waals surface area contributed by atoms with Crippen LogP contribution in [0.5, 0.6) is 0 Å². The fourth-order valence-electron chi connectivity index (χ4n) is 2.03. The molecule has 1 aliphatic carbocycles. The second-order valence-corrected chi connectivity index (χ2v) is 4.49. The van der Waals surface area contributed by atoms with E-state index in [-0.39, 0.29) is 19.4 Å². The monoisotopic (exact) mass is 270 g/mol. The smallest absolute Gasteiger partial charge is 0.327 e. The number of hydrogen-bond donors (Lipinski definition) is 0. The maximum absolute atomic E-state index is 12.0. The van der Waals surface area contributed by atoms with E-state index in [9.17, 15) is 19.2 Å². The maximum atomic E-state index is 12.0. The van der Waals surface area contributed by atoms with Gasteiger partial charge in [-0.3, -0.25) is 19.2 Å². The van der Waals surface area contributed by atoms with E-state index in [2.05, 4.69) is 4.74 Å². The molecule has 0 radical (unpaired) electrons. The Labute approximate surface area is 111 Å². The van der Waals surface area contributed by atoms with E-state index in [0.717, 1.165) is 13.5 Å². The number of ether oxygens (including phenoxy) is 2. The summed E-state index contributed by atoms with van der Waals surface area (Å²) >= 11 is 0. The van der Waals surface area contributed by atoms with E-state index in [1.54, 1.807) is 0 Å². The van der Waals surface area contributed by atoms with Crippen LogP contribution >= 0.6 is 0 Å². The summed E-state index contributed by atoms with van der Waals surface area (Å²) in [5, 5.41) is 0. The third-order valence-electron chi connectivity index (χ3n) is 3.25.